The van der Waals surface area contributed by atoms with Crippen LogP contribution < -0.4 is 10.6 Å². The van der Waals surface area contributed by atoms with E-state index in [4.69, 9.17) is 4.74 Å². The molecule has 0 radical (unpaired) electrons. The molecular formula is C20H29N3O2S. The first-order chi connectivity index (χ1) is 12.7. The summed E-state index contributed by atoms with van der Waals surface area (Å²) in [6.07, 6.45) is 0.281. The molecule has 3 N–H and O–H groups in total. The van der Waals surface area contributed by atoms with Gasteiger partial charge >= 0.3 is 0 Å². The van der Waals surface area contributed by atoms with Gasteiger partial charge in [0.15, 0.2) is 5.96 Å². The van der Waals surface area contributed by atoms with Gasteiger partial charge in [0.05, 0.1) is 25.4 Å². The van der Waals surface area contributed by atoms with E-state index in [0.29, 0.717) is 6.54 Å². The van der Waals surface area contributed by atoms with E-state index in [2.05, 4.69) is 33.1 Å². The summed E-state index contributed by atoms with van der Waals surface area (Å²) in [5, 5.41) is 18.7. The highest BCUT2D eigenvalue weighted by Crippen LogP contribution is 2.15. The molecule has 0 spiro atoms. The Labute approximate surface area is 160 Å². The standard InChI is InChI=1S/C20H29N3O2S/c1-3-21-20(22-12-11-19-10-7-13-26-19)23-14-18(24)15-25-16(2)17-8-5-4-6-9-17/h4-10,13,16,18,24H,3,11-12,14-15H2,1-2H3,(H2,21,22,23). The number of hydrogen-bond acceptors (Lipinski definition) is 4. The van der Waals surface area contributed by atoms with Gasteiger partial charge in [-0.2, -0.15) is 0 Å². The molecule has 26 heavy (non-hydrogen) atoms. The zero-order valence-corrected chi connectivity index (χ0v) is 16.3. The minimum Gasteiger partial charge on any atom is -0.389 e. The topological polar surface area (TPSA) is 65.9 Å². The van der Waals surface area contributed by atoms with E-state index in [1.54, 1.807) is 11.3 Å². The lowest BCUT2D eigenvalue weighted by Gasteiger charge is -2.16. The number of hydrogen-bond donors (Lipinski definition) is 3. The minimum atomic E-state index is -0.631. The van der Waals surface area contributed by atoms with E-state index in [-0.39, 0.29) is 12.7 Å². The third-order valence-corrected chi connectivity index (χ3v) is 4.79. The van der Waals surface area contributed by atoms with Crippen molar-refractivity contribution >= 4 is 17.3 Å². The molecule has 0 amide bonds. The number of rotatable bonds is 10. The van der Waals surface area contributed by atoms with E-state index in [0.717, 1.165) is 31.0 Å². The number of nitrogens with zero attached hydrogens (tertiary/aromatic N) is 1. The van der Waals surface area contributed by atoms with Crippen LogP contribution in [0.4, 0.5) is 0 Å². The number of guanidine groups is 1. The molecule has 0 aliphatic heterocycles. The first-order valence-corrected chi connectivity index (χ1v) is 9.96. The minimum absolute atomic E-state index is 0.0491. The van der Waals surface area contributed by atoms with Crippen molar-refractivity contribution in [3.05, 3.63) is 58.3 Å². The van der Waals surface area contributed by atoms with Gasteiger partial charge in [0.25, 0.3) is 0 Å². The maximum absolute atomic E-state index is 10.2. The fourth-order valence-electron chi connectivity index (χ4n) is 2.43. The molecule has 142 valence electrons. The van der Waals surface area contributed by atoms with Crippen molar-refractivity contribution in [2.45, 2.75) is 32.5 Å². The monoisotopic (exact) mass is 375 g/mol. The second-order valence-corrected chi connectivity index (χ2v) is 7.05. The van der Waals surface area contributed by atoms with Crippen molar-refractivity contribution in [3.63, 3.8) is 0 Å². The summed E-state index contributed by atoms with van der Waals surface area (Å²) in [4.78, 5) is 5.79. The summed E-state index contributed by atoms with van der Waals surface area (Å²) >= 11 is 1.76. The van der Waals surface area contributed by atoms with Gasteiger partial charge in [0.2, 0.25) is 0 Å². The maximum Gasteiger partial charge on any atom is 0.191 e. The number of nitrogens with one attached hydrogen (secondary N) is 2. The maximum atomic E-state index is 10.2. The van der Waals surface area contributed by atoms with Crippen molar-refractivity contribution in [3.8, 4) is 0 Å². The van der Waals surface area contributed by atoms with Crippen LogP contribution in [0.25, 0.3) is 0 Å². The lowest BCUT2D eigenvalue weighted by molar-refractivity contribution is 0.00112. The molecule has 1 aromatic carbocycles. The normalized spacial score (nSPS) is 14.0. The molecule has 0 aliphatic carbocycles. The van der Waals surface area contributed by atoms with E-state index < -0.39 is 6.10 Å². The molecule has 0 fully saturated rings. The fourth-order valence-corrected chi connectivity index (χ4v) is 3.13. The van der Waals surface area contributed by atoms with E-state index >= 15 is 0 Å². The molecule has 5 nitrogen and oxygen atoms in total. The van der Waals surface area contributed by atoms with Crippen LogP contribution in [0, 0.1) is 0 Å². The first kappa shape index (κ1) is 20.4. The number of aliphatic hydroxyl groups excluding tert-OH is 1. The summed E-state index contributed by atoms with van der Waals surface area (Å²) in [7, 11) is 0. The molecule has 0 saturated heterocycles. The van der Waals surface area contributed by atoms with Crippen LogP contribution >= 0.6 is 11.3 Å². The van der Waals surface area contributed by atoms with Crippen molar-refractivity contribution in [2.75, 3.05) is 26.2 Å². The van der Waals surface area contributed by atoms with Gasteiger partial charge in [0.1, 0.15) is 0 Å². The van der Waals surface area contributed by atoms with Crippen LogP contribution in [-0.2, 0) is 11.2 Å². The molecule has 2 unspecified atom stereocenters. The molecule has 1 aromatic heterocycles. The SMILES string of the molecule is CCNC(=NCC(O)COC(C)c1ccccc1)NCCc1cccs1. The Morgan fingerprint density at radius 3 is 2.69 bits per heavy atom. The third-order valence-electron chi connectivity index (χ3n) is 3.86. The second kappa shape index (κ2) is 11.7. The van der Waals surface area contributed by atoms with Crippen molar-refractivity contribution < 1.29 is 9.84 Å². The Hall–Kier alpha value is -1.89. The summed E-state index contributed by atoms with van der Waals surface area (Å²) in [6, 6.07) is 14.2. The molecule has 0 saturated carbocycles. The van der Waals surface area contributed by atoms with Crippen LogP contribution in [0.5, 0.6) is 0 Å². The van der Waals surface area contributed by atoms with Crippen molar-refractivity contribution in [1.29, 1.82) is 0 Å². The van der Waals surface area contributed by atoms with Gasteiger partial charge in [-0.1, -0.05) is 36.4 Å². The highest BCUT2D eigenvalue weighted by molar-refractivity contribution is 7.09. The lowest BCUT2D eigenvalue weighted by atomic mass is 10.1. The summed E-state index contributed by atoms with van der Waals surface area (Å²) in [6.45, 7) is 6.16. The zero-order valence-electron chi connectivity index (χ0n) is 15.5. The molecule has 6 heteroatoms. The molecule has 2 aromatic rings. The number of aliphatic hydroxyl groups is 1. The van der Waals surface area contributed by atoms with Crippen LogP contribution in [-0.4, -0.2) is 43.4 Å². The predicted octanol–water partition coefficient (Wildman–Crippen LogP) is 2.98. The summed E-state index contributed by atoms with van der Waals surface area (Å²) in [5.41, 5.74) is 1.10. The third kappa shape index (κ3) is 7.56. The average Bonchev–Trinajstić information content (AvgIpc) is 3.18. The largest absolute Gasteiger partial charge is 0.389 e. The average molecular weight is 376 g/mol. The van der Waals surface area contributed by atoms with Gasteiger partial charge in [-0.15, -0.1) is 11.3 Å². The van der Waals surface area contributed by atoms with Gasteiger partial charge < -0.3 is 20.5 Å². The molecule has 0 aliphatic rings. The molecule has 1 heterocycles. The Balaban J connectivity index is 1.72. The van der Waals surface area contributed by atoms with Crippen molar-refractivity contribution in [2.24, 2.45) is 4.99 Å². The quantitative estimate of drug-likeness (QED) is 0.441. The fraction of sp³-hybridized carbons (Fsp3) is 0.450. The number of benzene rings is 1. The second-order valence-electron chi connectivity index (χ2n) is 6.02. The Morgan fingerprint density at radius 1 is 1.19 bits per heavy atom. The Kier molecular flexibility index (Phi) is 9.17. The zero-order chi connectivity index (χ0) is 18.6. The lowest BCUT2D eigenvalue weighted by Crippen LogP contribution is -2.39. The first-order valence-electron chi connectivity index (χ1n) is 9.08. The molecule has 2 rings (SSSR count). The Bertz CT molecular complexity index is 632. The number of thiophene rings is 1. The molecule has 0 bridgehead atoms. The Morgan fingerprint density at radius 2 is 2.00 bits per heavy atom. The highest BCUT2D eigenvalue weighted by Gasteiger charge is 2.10. The van der Waals surface area contributed by atoms with E-state index in [1.165, 1.54) is 4.88 Å². The van der Waals surface area contributed by atoms with Gasteiger partial charge in [-0.05, 0) is 37.3 Å². The van der Waals surface area contributed by atoms with Crippen LogP contribution in [0.2, 0.25) is 0 Å². The highest BCUT2D eigenvalue weighted by atomic mass is 32.1. The van der Waals surface area contributed by atoms with E-state index in [9.17, 15) is 5.11 Å². The van der Waals surface area contributed by atoms with Crippen LogP contribution in [0.3, 0.4) is 0 Å². The van der Waals surface area contributed by atoms with E-state index in [1.807, 2.05) is 44.2 Å². The van der Waals surface area contributed by atoms with Crippen molar-refractivity contribution in [1.82, 2.24) is 10.6 Å². The summed E-state index contributed by atoms with van der Waals surface area (Å²) in [5.74, 6) is 0.721. The predicted molar refractivity (Wildman–Crippen MR) is 109 cm³/mol. The van der Waals surface area contributed by atoms with Crippen LogP contribution in [0.1, 0.15) is 30.4 Å². The number of aliphatic imine (C=N–C) groups is 1. The molecule has 2 atom stereocenters. The summed E-state index contributed by atoms with van der Waals surface area (Å²) < 4.78 is 5.75. The van der Waals surface area contributed by atoms with Gasteiger partial charge in [-0.25, -0.2) is 0 Å². The van der Waals surface area contributed by atoms with Gasteiger partial charge in [0, 0.05) is 18.0 Å². The van der Waals surface area contributed by atoms with Gasteiger partial charge in [-0.3, -0.25) is 4.99 Å². The number of ether oxygens (including phenoxy) is 1. The van der Waals surface area contributed by atoms with Crippen LogP contribution in [0.15, 0.2) is 52.8 Å². The smallest absolute Gasteiger partial charge is 0.191 e. The molecular weight excluding hydrogens is 346 g/mol.